The van der Waals surface area contributed by atoms with Crippen molar-refractivity contribution >= 4 is 34.5 Å². The molecule has 2 aromatic heterocycles. The second-order valence-corrected chi connectivity index (χ2v) is 8.76. The largest absolute Gasteiger partial charge is 0.453 e. The van der Waals surface area contributed by atoms with E-state index in [1.165, 1.54) is 11.8 Å². The van der Waals surface area contributed by atoms with Gasteiger partial charge in [0, 0.05) is 24.0 Å². The van der Waals surface area contributed by atoms with Crippen LogP contribution in [-0.2, 0) is 4.74 Å². The second kappa shape index (κ2) is 8.80. The van der Waals surface area contributed by atoms with Crippen molar-refractivity contribution in [1.29, 1.82) is 0 Å². The molecule has 1 aliphatic heterocycles. The molecule has 2 aromatic carbocycles. The summed E-state index contributed by atoms with van der Waals surface area (Å²) in [5.74, 6) is 1.34. The number of thioether (sulfide) groups is 1. The Labute approximate surface area is 190 Å². The Morgan fingerprint density at radius 3 is 2.66 bits per heavy atom. The highest BCUT2D eigenvalue weighted by molar-refractivity contribution is 7.99. The average molecular weight is 449 g/mol. The Balaban J connectivity index is 1.44. The van der Waals surface area contributed by atoms with Gasteiger partial charge < -0.3 is 14.1 Å². The molecule has 1 saturated heterocycles. The van der Waals surface area contributed by atoms with Crippen LogP contribution in [0.15, 0.2) is 58.1 Å². The Morgan fingerprint density at radius 2 is 1.88 bits per heavy atom. The maximum Gasteiger partial charge on any atom is 0.232 e. The molecule has 0 spiro atoms. The zero-order valence-electron chi connectivity index (χ0n) is 18.1. The van der Waals surface area contributed by atoms with E-state index in [9.17, 15) is 4.79 Å². The molecule has 0 unspecified atom stereocenters. The lowest BCUT2D eigenvalue weighted by atomic mass is 10.1. The molecule has 0 bridgehead atoms. The molecule has 0 saturated carbocycles. The van der Waals surface area contributed by atoms with Crippen LogP contribution >= 0.6 is 11.8 Å². The number of Topliss-reactive ketones (excluding diaryl/α,β-unsaturated/α-hetero) is 1. The molecular weight excluding hydrogens is 424 g/mol. The van der Waals surface area contributed by atoms with Gasteiger partial charge >= 0.3 is 0 Å². The van der Waals surface area contributed by atoms with Gasteiger partial charge in [0.05, 0.1) is 24.7 Å². The lowest BCUT2D eigenvalue weighted by Crippen LogP contribution is -2.37. The molecule has 0 atom stereocenters. The summed E-state index contributed by atoms with van der Waals surface area (Å²) in [5, 5.41) is 10.6. The Bertz CT molecular complexity index is 1270. The molecule has 32 heavy (non-hydrogen) atoms. The van der Waals surface area contributed by atoms with Gasteiger partial charge in [-0.3, -0.25) is 9.36 Å². The van der Waals surface area contributed by atoms with Crippen LogP contribution in [0.1, 0.15) is 21.7 Å². The highest BCUT2D eigenvalue weighted by Gasteiger charge is 2.24. The van der Waals surface area contributed by atoms with Crippen LogP contribution in [0.2, 0.25) is 0 Å². The minimum absolute atomic E-state index is 0.0598. The Hall–Kier alpha value is -3.10. The number of hydrogen-bond donors (Lipinski definition) is 0. The summed E-state index contributed by atoms with van der Waals surface area (Å²) in [6.07, 6.45) is 0. The predicted molar refractivity (Wildman–Crippen MR) is 125 cm³/mol. The van der Waals surface area contributed by atoms with E-state index < -0.39 is 0 Å². The lowest BCUT2D eigenvalue weighted by Gasteiger charge is -2.28. The Morgan fingerprint density at radius 1 is 1.06 bits per heavy atom. The normalized spacial score (nSPS) is 14.2. The van der Waals surface area contributed by atoms with Gasteiger partial charge in [-0.1, -0.05) is 42.1 Å². The predicted octanol–water partition coefficient (Wildman–Crippen LogP) is 4.44. The summed E-state index contributed by atoms with van der Waals surface area (Å²) in [5.41, 5.74) is 3.73. The minimum Gasteiger partial charge on any atom is -0.453 e. The summed E-state index contributed by atoms with van der Waals surface area (Å²) in [6, 6.07) is 15.9. The minimum atomic E-state index is -0.0598. The molecule has 0 amide bonds. The SMILES string of the molecule is Cc1cccc(-n2c(SCC(=O)c3oc4ccccc4c3C)nnc2N2CCOCC2)c1. The van der Waals surface area contributed by atoms with Gasteiger partial charge in [-0.15, -0.1) is 10.2 Å². The van der Waals surface area contributed by atoms with Crippen molar-refractivity contribution in [2.45, 2.75) is 19.0 Å². The first kappa shape index (κ1) is 20.8. The third-order valence-corrected chi connectivity index (χ3v) is 6.53. The fraction of sp³-hybridized carbons (Fsp3) is 0.292. The topological polar surface area (TPSA) is 73.4 Å². The number of ketones is 1. The molecule has 3 heterocycles. The molecule has 8 heteroatoms. The number of rotatable bonds is 6. The maximum atomic E-state index is 13.0. The molecule has 1 aliphatic rings. The molecule has 4 aromatic rings. The average Bonchev–Trinajstić information content (AvgIpc) is 3.40. The van der Waals surface area contributed by atoms with Crippen molar-refractivity contribution < 1.29 is 13.9 Å². The van der Waals surface area contributed by atoms with Gasteiger partial charge in [0.15, 0.2) is 10.9 Å². The smallest absolute Gasteiger partial charge is 0.232 e. The molecule has 5 rings (SSSR count). The van der Waals surface area contributed by atoms with Crippen molar-refractivity contribution in [2.75, 3.05) is 37.0 Å². The summed E-state index contributed by atoms with van der Waals surface area (Å²) in [7, 11) is 0. The van der Waals surface area contributed by atoms with Gasteiger partial charge in [0.1, 0.15) is 5.58 Å². The number of ether oxygens (including phenoxy) is 1. The zero-order valence-corrected chi connectivity index (χ0v) is 18.9. The number of nitrogens with zero attached hydrogens (tertiary/aromatic N) is 4. The fourth-order valence-corrected chi connectivity index (χ4v) is 4.76. The fourth-order valence-electron chi connectivity index (χ4n) is 3.95. The molecule has 0 radical (unpaired) electrons. The number of aromatic nitrogens is 3. The monoisotopic (exact) mass is 448 g/mol. The number of furan rings is 1. The van der Waals surface area contributed by atoms with Crippen molar-refractivity contribution in [2.24, 2.45) is 0 Å². The van der Waals surface area contributed by atoms with E-state index in [0.717, 1.165) is 46.8 Å². The van der Waals surface area contributed by atoms with Crippen molar-refractivity contribution in [1.82, 2.24) is 14.8 Å². The van der Waals surface area contributed by atoms with Crippen LogP contribution in [0.3, 0.4) is 0 Å². The molecule has 7 nitrogen and oxygen atoms in total. The number of carbonyl (C=O) groups is 1. The first-order valence-corrected chi connectivity index (χ1v) is 11.6. The summed E-state index contributed by atoms with van der Waals surface area (Å²) in [6.45, 7) is 6.82. The van der Waals surface area contributed by atoms with E-state index in [1.54, 1.807) is 0 Å². The highest BCUT2D eigenvalue weighted by Crippen LogP contribution is 2.30. The first-order chi connectivity index (χ1) is 15.6. The van der Waals surface area contributed by atoms with Gasteiger partial charge in [-0.25, -0.2) is 0 Å². The van der Waals surface area contributed by atoms with E-state index in [2.05, 4.69) is 34.2 Å². The van der Waals surface area contributed by atoms with Crippen LogP contribution in [0.4, 0.5) is 5.95 Å². The van der Waals surface area contributed by atoms with Crippen LogP contribution in [0, 0.1) is 13.8 Å². The number of benzene rings is 2. The van der Waals surface area contributed by atoms with Gasteiger partial charge in [0.2, 0.25) is 11.7 Å². The third-order valence-electron chi connectivity index (χ3n) is 5.60. The van der Waals surface area contributed by atoms with Crippen LogP contribution in [0.25, 0.3) is 16.7 Å². The van der Waals surface area contributed by atoms with E-state index in [-0.39, 0.29) is 11.5 Å². The van der Waals surface area contributed by atoms with Gasteiger partial charge in [-0.05, 0) is 37.6 Å². The van der Waals surface area contributed by atoms with Crippen LogP contribution < -0.4 is 4.90 Å². The number of aryl methyl sites for hydroxylation is 2. The second-order valence-electron chi connectivity index (χ2n) is 7.82. The summed E-state index contributed by atoms with van der Waals surface area (Å²) < 4.78 is 13.4. The number of anilines is 1. The molecule has 0 N–H and O–H groups in total. The van der Waals surface area contributed by atoms with E-state index in [0.29, 0.717) is 24.1 Å². The van der Waals surface area contributed by atoms with Gasteiger partial charge in [0.25, 0.3) is 0 Å². The molecule has 1 fully saturated rings. The zero-order chi connectivity index (χ0) is 22.1. The highest BCUT2D eigenvalue weighted by atomic mass is 32.2. The Kier molecular flexibility index (Phi) is 5.71. The first-order valence-electron chi connectivity index (χ1n) is 10.6. The van der Waals surface area contributed by atoms with E-state index in [4.69, 9.17) is 9.15 Å². The number of morpholine rings is 1. The van der Waals surface area contributed by atoms with Crippen molar-refractivity contribution in [3.8, 4) is 5.69 Å². The number of hydrogen-bond acceptors (Lipinski definition) is 7. The number of fused-ring (bicyclic) bond motifs is 1. The van der Waals surface area contributed by atoms with Crippen molar-refractivity contribution in [3.05, 3.63) is 65.4 Å². The standard InChI is InChI=1S/C24H24N4O3S/c1-16-6-5-7-18(14-16)28-23(27-10-12-30-13-11-27)25-26-24(28)32-15-20(29)22-17(2)19-8-3-4-9-21(19)31-22/h3-9,14H,10-13,15H2,1-2H3. The van der Waals surface area contributed by atoms with Crippen LogP contribution in [-0.4, -0.2) is 52.6 Å². The molecular formula is C24H24N4O3S. The molecule has 0 aliphatic carbocycles. The molecule has 164 valence electrons. The summed E-state index contributed by atoms with van der Waals surface area (Å²) >= 11 is 1.38. The lowest BCUT2D eigenvalue weighted by molar-refractivity contribution is 0.0993. The van der Waals surface area contributed by atoms with Gasteiger partial charge in [-0.2, -0.15) is 0 Å². The summed E-state index contributed by atoms with van der Waals surface area (Å²) in [4.78, 5) is 15.2. The van der Waals surface area contributed by atoms with E-state index in [1.807, 2.05) is 47.9 Å². The third kappa shape index (κ3) is 3.91. The number of carbonyl (C=O) groups excluding carboxylic acids is 1. The van der Waals surface area contributed by atoms with E-state index >= 15 is 0 Å². The quantitative estimate of drug-likeness (QED) is 0.319. The van der Waals surface area contributed by atoms with Crippen molar-refractivity contribution in [3.63, 3.8) is 0 Å². The maximum absolute atomic E-state index is 13.0. The number of para-hydroxylation sites is 1. The van der Waals surface area contributed by atoms with Crippen LogP contribution in [0.5, 0.6) is 0 Å².